The minimum atomic E-state index is -2.86. The van der Waals surface area contributed by atoms with Gasteiger partial charge in [0.25, 0.3) is 0 Å². The summed E-state index contributed by atoms with van der Waals surface area (Å²) in [6.45, 7) is -2.70. The van der Waals surface area contributed by atoms with Crippen LogP contribution in [0.3, 0.4) is 0 Å². The third-order valence-corrected chi connectivity index (χ3v) is 3.13. The fourth-order valence-electron chi connectivity index (χ4n) is 1.98. The number of carbonyl (C=O) groups is 1. The molecular weight excluding hydrogens is 304 g/mol. The van der Waals surface area contributed by atoms with Crippen LogP contribution in [0.5, 0.6) is 5.75 Å². The summed E-state index contributed by atoms with van der Waals surface area (Å²) in [6.07, 6.45) is 0.253. The van der Waals surface area contributed by atoms with Gasteiger partial charge in [-0.2, -0.15) is 8.78 Å². The number of hydrogen-bond acceptors (Lipinski definition) is 4. The van der Waals surface area contributed by atoms with Gasteiger partial charge in [-0.25, -0.2) is 0 Å². The van der Waals surface area contributed by atoms with E-state index in [4.69, 9.17) is 10.5 Å². The summed E-state index contributed by atoms with van der Waals surface area (Å²) in [4.78, 5) is 11.9. The summed E-state index contributed by atoms with van der Waals surface area (Å²) in [6, 6.07) is 14.4. The first-order valence-corrected chi connectivity index (χ1v) is 7.04. The molecule has 0 saturated heterocycles. The second-order valence-corrected chi connectivity index (χ2v) is 4.93. The number of rotatable bonds is 7. The first-order valence-electron chi connectivity index (χ1n) is 7.04. The lowest BCUT2D eigenvalue weighted by atomic mass is 10.1. The Kier molecular flexibility index (Phi) is 6.05. The zero-order valence-electron chi connectivity index (χ0n) is 12.3. The molecule has 0 aliphatic rings. The lowest BCUT2D eigenvalue weighted by Crippen LogP contribution is -2.34. The van der Waals surface area contributed by atoms with Gasteiger partial charge in [0, 0.05) is 0 Å². The molecule has 0 amide bonds. The van der Waals surface area contributed by atoms with E-state index in [9.17, 15) is 13.6 Å². The largest absolute Gasteiger partial charge is 0.460 e. The van der Waals surface area contributed by atoms with Gasteiger partial charge in [0.1, 0.15) is 18.4 Å². The van der Waals surface area contributed by atoms with Crippen molar-refractivity contribution < 1.29 is 23.0 Å². The van der Waals surface area contributed by atoms with Crippen molar-refractivity contribution in [3.8, 4) is 5.75 Å². The molecule has 0 spiro atoms. The lowest BCUT2D eigenvalue weighted by Gasteiger charge is -2.12. The lowest BCUT2D eigenvalue weighted by molar-refractivity contribution is -0.146. The number of halogens is 2. The molecule has 1 atom stereocenters. The van der Waals surface area contributed by atoms with Crippen molar-refractivity contribution in [3.63, 3.8) is 0 Å². The summed E-state index contributed by atoms with van der Waals surface area (Å²) in [5.74, 6) is -0.453. The van der Waals surface area contributed by atoms with Crippen molar-refractivity contribution in [2.24, 2.45) is 5.73 Å². The van der Waals surface area contributed by atoms with E-state index in [0.717, 1.165) is 11.1 Å². The third-order valence-electron chi connectivity index (χ3n) is 3.13. The van der Waals surface area contributed by atoms with Crippen molar-refractivity contribution in [1.29, 1.82) is 0 Å². The Labute approximate surface area is 132 Å². The minimum absolute atomic E-state index is 0.0592. The molecular formula is C17H17F2NO3. The van der Waals surface area contributed by atoms with Crippen LogP contribution in [0.2, 0.25) is 0 Å². The molecule has 0 aliphatic carbocycles. The molecule has 1 unspecified atom stereocenters. The molecule has 0 saturated carbocycles. The molecule has 0 fully saturated rings. The molecule has 0 radical (unpaired) electrons. The second-order valence-electron chi connectivity index (χ2n) is 4.93. The average Bonchev–Trinajstić information content (AvgIpc) is 2.55. The summed E-state index contributed by atoms with van der Waals surface area (Å²) >= 11 is 0. The van der Waals surface area contributed by atoms with E-state index in [2.05, 4.69) is 4.74 Å². The van der Waals surface area contributed by atoms with Gasteiger partial charge in [0.2, 0.25) is 0 Å². The number of alkyl halides is 2. The SMILES string of the molecule is NC(Cc1ccc(OC(F)F)cc1)C(=O)OCc1ccccc1. The average molecular weight is 321 g/mol. The van der Waals surface area contributed by atoms with Crippen LogP contribution in [0.1, 0.15) is 11.1 Å². The monoisotopic (exact) mass is 321 g/mol. The van der Waals surface area contributed by atoms with Gasteiger partial charge < -0.3 is 15.2 Å². The molecule has 4 nitrogen and oxygen atoms in total. The maximum atomic E-state index is 12.1. The van der Waals surface area contributed by atoms with Crippen LogP contribution in [-0.2, 0) is 22.6 Å². The van der Waals surface area contributed by atoms with Gasteiger partial charge in [0.15, 0.2) is 0 Å². The van der Waals surface area contributed by atoms with Crippen LogP contribution < -0.4 is 10.5 Å². The molecule has 122 valence electrons. The number of carbonyl (C=O) groups excluding carboxylic acids is 1. The number of benzene rings is 2. The zero-order valence-corrected chi connectivity index (χ0v) is 12.3. The Hall–Kier alpha value is -2.47. The highest BCUT2D eigenvalue weighted by Crippen LogP contribution is 2.16. The van der Waals surface area contributed by atoms with Crippen LogP contribution in [0.15, 0.2) is 54.6 Å². The molecule has 0 heterocycles. The van der Waals surface area contributed by atoms with Crippen LogP contribution in [-0.4, -0.2) is 18.6 Å². The predicted molar refractivity (Wildman–Crippen MR) is 81.0 cm³/mol. The van der Waals surface area contributed by atoms with Crippen molar-refractivity contribution in [2.45, 2.75) is 25.7 Å². The van der Waals surface area contributed by atoms with Gasteiger partial charge in [0.05, 0.1) is 0 Å². The van der Waals surface area contributed by atoms with Crippen LogP contribution in [0.25, 0.3) is 0 Å². The van der Waals surface area contributed by atoms with Crippen LogP contribution >= 0.6 is 0 Å². The predicted octanol–water partition coefficient (Wildman–Crippen LogP) is 2.90. The molecule has 23 heavy (non-hydrogen) atoms. The van der Waals surface area contributed by atoms with Crippen molar-refractivity contribution in [3.05, 3.63) is 65.7 Å². The second kappa shape index (κ2) is 8.24. The highest BCUT2D eigenvalue weighted by Gasteiger charge is 2.16. The maximum Gasteiger partial charge on any atom is 0.387 e. The molecule has 2 aromatic rings. The topological polar surface area (TPSA) is 61.5 Å². The fraction of sp³-hybridized carbons (Fsp3) is 0.235. The summed E-state index contributed by atoms with van der Waals surface area (Å²) < 4.78 is 33.5. The molecule has 6 heteroatoms. The highest BCUT2D eigenvalue weighted by atomic mass is 19.3. The Morgan fingerprint density at radius 2 is 1.65 bits per heavy atom. The van der Waals surface area contributed by atoms with E-state index in [0.29, 0.717) is 0 Å². The zero-order chi connectivity index (χ0) is 16.7. The number of nitrogens with two attached hydrogens (primary N) is 1. The van der Waals surface area contributed by atoms with E-state index in [-0.39, 0.29) is 18.8 Å². The summed E-state index contributed by atoms with van der Waals surface area (Å²) in [7, 11) is 0. The number of ether oxygens (including phenoxy) is 2. The maximum absolute atomic E-state index is 12.1. The Bertz CT molecular complexity index is 617. The van der Waals surface area contributed by atoms with E-state index in [1.807, 2.05) is 30.3 Å². The summed E-state index contributed by atoms with van der Waals surface area (Å²) in [5, 5.41) is 0. The van der Waals surface area contributed by atoms with Gasteiger partial charge in [-0.05, 0) is 29.7 Å². The van der Waals surface area contributed by atoms with E-state index < -0.39 is 18.6 Å². The van der Waals surface area contributed by atoms with Crippen LogP contribution in [0.4, 0.5) is 8.78 Å². The number of esters is 1. The highest BCUT2D eigenvalue weighted by molar-refractivity contribution is 5.75. The smallest absolute Gasteiger partial charge is 0.387 e. The van der Waals surface area contributed by atoms with Crippen LogP contribution in [0, 0.1) is 0 Å². The van der Waals surface area contributed by atoms with Crippen molar-refractivity contribution >= 4 is 5.97 Å². The minimum Gasteiger partial charge on any atom is -0.460 e. The molecule has 2 N–H and O–H groups in total. The fourth-order valence-corrected chi connectivity index (χ4v) is 1.98. The first-order chi connectivity index (χ1) is 11.0. The van der Waals surface area contributed by atoms with Gasteiger partial charge in [-0.1, -0.05) is 42.5 Å². The van der Waals surface area contributed by atoms with Gasteiger partial charge in [-0.15, -0.1) is 0 Å². The van der Waals surface area contributed by atoms with Gasteiger partial charge >= 0.3 is 12.6 Å². The Morgan fingerprint density at radius 1 is 1.00 bits per heavy atom. The van der Waals surface area contributed by atoms with E-state index in [1.54, 1.807) is 12.1 Å². The van der Waals surface area contributed by atoms with Crippen molar-refractivity contribution in [1.82, 2.24) is 0 Å². The van der Waals surface area contributed by atoms with E-state index >= 15 is 0 Å². The molecule has 2 rings (SSSR count). The molecule has 0 aromatic heterocycles. The molecule has 0 aliphatic heterocycles. The van der Waals surface area contributed by atoms with Crippen molar-refractivity contribution in [2.75, 3.05) is 0 Å². The quantitative estimate of drug-likeness (QED) is 0.797. The Morgan fingerprint density at radius 3 is 2.26 bits per heavy atom. The molecule has 0 bridgehead atoms. The first kappa shape index (κ1) is 16.9. The third kappa shape index (κ3) is 5.67. The standard InChI is InChI=1S/C17H17F2NO3/c18-17(19)23-14-8-6-12(7-9-14)10-15(20)16(21)22-11-13-4-2-1-3-5-13/h1-9,15,17H,10-11,20H2. The normalized spacial score (nSPS) is 12.0. The van der Waals surface area contributed by atoms with Gasteiger partial charge in [-0.3, -0.25) is 4.79 Å². The van der Waals surface area contributed by atoms with E-state index in [1.165, 1.54) is 12.1 Å². The number of hydrogen-bond donors (Lipinski definition) is 1. The summed E-state index contributed by atoms with van der Waals surface area (Å²) in [5.41, 5.74) is 7.42. The Balaban J connectivity index is 1.83. The molecule has 2 aromatic carbocycles.